The number of rotatable bonds is 6. The van der Waals surface area contributed by atoms with Crippen LogP contribution >= 0.6 is 0 Å². The van der Waals surface area contributed by atoms with Crippen molar-refractivity contribution in [3.05, 3.63) is 98.7 Å². The average molecular weight is 445 g/mol. The van der Waals surface area contributed by atoms with Gasteiger partial charge in [-0.1, -0.05) is 24.8 Å². The Bertz CT molecular complexity index is 1510. The lowest BCUT2D eigenvalue weighted by Crippen LogP contribution is -2.34. The number of nitrogens with zero attached hydrogens (tertiary/aromatic N) is 1. The highest BCUT2D eigenvalue weighted by molar-refractivity contribution is 5.88. The SMILES string of the molecule is C=c1[nH]n(-c2cccc(C(=O)[O-])c2)c(=O)/c1=C\c1ccc(OC(=O)c2ccco2)c(OC)c1. The van der Waals surface area contributed by atoms with Crippen molar-refractivity contribution < 1.29 is 28.6 Å². The molecule has 0 unspecified atom stereocenters. The third-order valence-corrected chi connectivity index (χ3v) is 4.77. The van der Waals surface area contributed by atoms with Crippen LogP contribution in [0.4, 0.5) is 0 Å². The summed E-state index contributed by atoms with van der Waals surface area (Å²) in [5, 5.41) is 14.5. The maximum atomic E-state index is 13.0. The van der Waals surface area contributed by atoms with Gasteiger partial charge in [-0.2, -0.15) is 0 Å². The molecule has 4 rings (SSSR count). The maximum absolute atomic E-state index is 13.0. The van der Waals surface area contributed by atoms with Gasteiger partial charge < -0.3 is 23.8 Å². The number of ether oxygens (including phenoxy) is 2. The van der Waals surface area contributed by atoms with Crippen molar-refractivity contribution in [1.82, 2.24) is 9.78 Å². The van der Waals surface area contributed by atoms with Gasteiger partial charge in [-0.05, 0) is 53.6 Å². The van der Waals surface area contributed by atoms with E-state index in [0.717, 1.165) is 0 Å². The first-order chi connectivity index (χ1) is 15.9. The van der Waals surface area contributed by atoms with Crippen molar-refractivity contribution in [2.75, 3.05) is 7.11 Å². The normalized spacial score (nSPS) is 11.4. The van der Waals surface area contributed by atoms with Gasteiger partial charge in [0.2, 0.25) is 5.76 Å². The second-order valence-corrected chi connectivity index (χ2v) is 6.90. The number of hydrogen-bond donors (Lipinski definition) is 1. The summed E-state index contributed by atoms with van der Waals surface area (Å²) in [7, 11) is 1.42. The van der Waals surface area contributed by atoms with Crippen molar-refractivity contribution in [3.63, 3.8) is 0 Å². The van der Waals surface area contributed by atoms with Gasteiger partial charge in [0.1, 0.15) is 0 Å². The molecule has 9 nitrogen and oxygen atoms in total. The van der Waals surface area contributed by atoms with Gasteiger partial charge in [-0.25, -0.2) is 9.48 Å². The number of H-pyrrole nitrogens is 1. The number of furan rings is 1. The third-order valence-electron chi connectivity index (χ3n) is 4.77. The quantitative estimate of drug-likeness (QED) is 0.340. The average Bonchev–Trinajstić information content (AvgIpc) is 3.44. The molecule has 9 heteroatoms. The third kappa shape index (κ3) is 4.33. The zero-order valence-electron chi connectivity index (χ0n) is 17.4. The van der Waals surface area contributed by atoms with Crippen LogP contribution in [0.5, 0.6) is 11.5 Å². The van der Waals surface area contributed by atoms with E-state index >= 15 is 0 Å². The lowest BCUT2D eigenvalue weighted by molar-refractivity contribution is -0.255. The van der Waals surface area contributed by atoms with E-state index in [1.165, 1.54) is 48.4 Å². The molecule has 0 saturated carbocycles. The van der Waals surface area contributed by atoms with Crippen molar-refractivity contribution >= 4 is 24.6 Å². The number of esters is 1. The number of benzene rings is 2. The molecule has 0 spiro atoms. The molecule has 0 atom stereocenters. The molecule has 0 bridgehead atoms. The molecule has 0 aliphatic carbocycles. The minimum Gasteiger partial charge on any atom is -0.545 e. The zero-order chi connectivity index (χ0) is 23.5. The van der Waals surface area contributed by atoms with Crippen LogP contribution in [-0.2, 0) is 0 Å². The highest BCUT2D eigenvalue weighted by Crippen LogP contribution is 2.29. The van der Waals surface area contributed by atoms with Gasteiger partial charge in [0, 0.05) is 0 Å². The number of carboxylic acids is 1. The van der Waals surface area contributed by atoms with Crippen LogP contribution in [0.2, 0.25) is 0 Å². The van der Waals surface area contributed by atoms with Crippen molar-refractivity contribution in [3.8, 4) is 17.2 Å². The predicted octanol–water partition coefficient (Wildman–Crippen LogP) is 0.589. The van der Waals surface area contributed by atoms with Crippen LogP contribution in [0.1, 0.15) is 26.5 Å². The summed E-state index contributed by atoms with van der Waals surface area (Å²) >= 11 is 0. The summed E-state index contributed by atoms with van der Waals surface area (Å²) in [5.41, 5.74) is 0.419. The van der Waals surface area contributed by atoms with Crippen molar-refractivity contribution in [1.29, 1.82) is 0 Å². The Labute approximate surface area is 186 Å². The Morgan fingerprint density at radius 3 is 2.64 bits per heavy atom. The minimum absolute atomic E-state index is 0.0463. The smallest absolute Gasteiger partial charge is 0.379 e. The Morgan fingerprint density at radius 2 is 1.94 bits per heavy atom. The fourth-order valence-electron chi connectivity index (χ4n) is 3.17. The van der Waals surface area contributed by atoms with Gasteiger partial charge in [0.15, 0.2) is 11.5 Å². The first-order valence-electron chi connectivity index (χ1n) is 9.64. The summed E-state index contributed by atoms with van der Waals surface area (Å²) in [6, 6.07) is 13.6. The molecule has 0 saturated heterocycles. The molecule has 2 aromatic carbocycles. The molecule has 0 radical (unpaired) electrons. The Balaban J connectivity index is 1.70. The predicted molar refractivity (Wildman–Crippen MR) is 116 cm³/mol. The molecule has 0 fully saturated rings. The Hall–Kier alpha value is -4.79. The number of methoxy groups -OCH3 is 1. The molecule has 2 heterocycles. The van der Waals surface area contributed by atoms with E-state index in [9.17, 15) is 19.5 Å². The molecule has 2 aromatic heterocycles. The van der Waals surface area contributed by atoms with Crippen molar-refractivity contribution in [2.24, 2.45) is 0 Å². The van der Waals surface area contributed by atoms with Crippen molar-refractivity contribution in [2.45, 2.75) is 0 Å². The van der Waals surface area contributed by atoms with Crippen LogP contribution in [-0.4, -0.2) is 28.8 Å². The summed E-state index contributed by atoms with van der Waals surface area (Å²) < 4.78 is 16.8. The number of nitrogens with one attached hydrogen (secondary N) is 1. The van der Waals surface area contributed by atoms with Crippen LogP contribution < -0.4 is 30.7 Å². The highest BCUT2D eigenvalue weighted by Gasteiger charge is 2.15. The molecular formula is C24H17N2O7-. The van der Waals surface area contributed by atoms with Gasteiger partial charge in [0.05, 0.1) is 35.6 Å². The molecule has 0 amide bonds. The van der Waals surface area contributed by atoms with Gasteiger partial charge in [0.25, 0.3) is 5.56 Å². The Morgan fingerprint density at radius 1 is 1.12 bits per heavy atom. The molecule has 0 aliphatic rings. The molecule has 1 N–H and O–H groups in total. The van der Waals surface area contributed by atoms with Gasteiger partial charge >= 0.3 is 5.97 Å². The fourth-order valence-corrected chi connectivity index (χ4v) is 3.17. The first kappa shape index (κ1) is 21.4. The summed E-state index contributed by atoms with van der Waals surface area (Å²) in [4.78, 5) is 36.2. The Kier molecular flexibility index (Phi) is 5.69. The number of carbonyl (C=O) groups excluding carboxylic acids is 2. The number of aromatic carboxylic acids is 1. The van der Waals surface area contributed by atoms with Gasteiger partial charge in [-0.3, -0.25) is 9.89 Å². The number of carbonyl (C=O) groups is 2. The molecule has 4 aromatic rings. The lowest BCUT2D eigenvalue weighted by atomic mass is 10.1. The standard InChI is InChI=1S/C24H18N2O7/c1-14-18(22(27)26(25-14)17-6-3-5-16(13-17)23(28)29)11-15-8-9-19(21(12-15)31-2)33-24(30)20-7-4-10-32-20/h3-13,25H,1H2,2H3,(H,28,29)/p-1/b18-11-. The second-order valence-electron chi connectivity index (χ2n) is 6.90. The van der Waals surface area contributed by atoms with E-state index in [0.29, 0.717) is 16.6 Å². The van der Waals surface area contributed by atoms with Gasteiger partial charge in [-0.15, -0.1) is 0 Å². The number of aromatic nitrogens is 2. The van der Waals surface area contributed by atoms with E-state index in [4.69, 9.17) is 13.9 Å². The largest absolute Gasteiger partial charge is 0.545 e. The van der Waals surface area contributed by atoms with Crippen LogP contribution in [0.3, 0.4) is 0 Å². The lowest BCUT2D eigenvalue weighted by Gasteiger charge is -2.09. The molecule has 166 valence electrons. The molecular weight excluding hydrogens is 428 g/mol. The van der Waals surface area contributed by atoms with Crippen LogP contribution in [0.15, 0.2) is 70.1 Å². The summed E-state index contributed by atoms with van der Waals surface area (Å²) in [6.45, 7) is 3.86. The summed E-state index contributed by atoms with van der Waals surface area (Å²) in [5.74, 6) is -1.53. The van der Waals surface area contributed by atoms with Crippen LogP contribution in [0, 0.1) is 0 Å². The maximum Gasteiger partial charge on any atom is 0.379 e. The molecule has 33 heavy (non-hydrogen) atoms. The van der Waals surface area contributed by atoms with E-state index in [1.807, 2.05) is 0 Å². The number of hydrogen-bond acceptors (Lipinski definition) is 7. The number of carboxylic acid groups (broad SMARTS) is 1. The first-order valence-corrected chi connectivity index (χ1v) is 9.64. The van der Waals surface area contributed by atoms with Crippen LogP contribution in [0.25, 0.3) is 18.3 Å². The topological polar surface area (TPSA) is 127 Å². The summed E-state index contributed by atoms with van der Waals surface area (Å²) in [6.07, 6.45) is 2.95. The minimum atomic E-state index is -1.35. The fraction of sp³-hybridized carbons (Fsp3) is 0.0417. The highest BCUT2D eigenvalue weighted by atomic mass is 16.6. The van der Waals surface area contributed by atoms with E-state index in [2.05, 4.69) is 11.7 Å². The number of aromatic amines is 1. The van der Waals surface area contributed by atoms with E-state index in [1.54, 1.807) is 30.3 Å². The monoisotopic (exact) mass is 445 g/mol. The zero-order valence-corrected chi connectivity index (χ0v) is 17.4. The van der Waals surface area contributed by atoms with E-state index in [-0.39, 0.29) is 28.0 Å². The second kappa shape index (κ2) is 8.75. The van der Waals surface area contributed by atoms with E-state index < -0.39 is 17.5 Å². The molecule has 0 aliphatic heterocycles.